The Morgan fingerprint density at radius 2 is 0.509 bits per heavy atom. The molecule has 4 aliphatic carbocycles. The van der Waals surface area contributed by atoms with Crippen LogP contribution in [-0.4, -0.2) is 80.7 Å². The molecule has 560 valence electrons. The zero-order chi connectivity index (χ0) is 75.9. The van der Waals surface area contributed by atoms with E-state index < -0.39 is 70.7 Å². The standard InChI is InChI=1S/4C18H19F2N7/c1-9(12-6-11(19)4-5-13(12)20)22-15-8-16(25-18(21)24-15)23-17-7-14(26-27-17)10-2-3-10;3*1-9(12-5-4-11(19)6-13(12)20)22-15-8-16(25-18(21)24-15)23-17-7-14(26-27-17)10-2-3-10/h4*4-10H,2-3H2,1H3,(H5,21,22,23,24,25,26,27)/t;2*9-;/m.10./s1. The van der Waals surface area contributed by atoms with Crippen LogP contribution in [0.5, 0.6) is 0 Å². The molecule has 12 aromatic rings. The number of rotatable bonds is 24. The quantitative estimate of drug-likeness (QED) is 0.0250. The second-order valence-corrected chi connectivity index (χ2v) is 26.5. The van der Waals surface area contributed by atoms with Crippen LogP contribution >= 0.6 is 0 Å². The molecule has 0 spiro atoms. The first-order chi connectivity index (χ1) is 51.9. The highest BCUT2D eigenvalue weighted by Crippen LogP contribution is 2.43. The molecule has 8 aromatic heterocycles. The first-order valence-electron chi connectivity index (χ1n) is 34.6. The molecular weight excluding hydrogens is 1410 g/mol. The van der Waals surface area contributed by atoms with Crippen LogP contribution in [0.1, 0.15) is 172 Å². The highest BCUT2D eigenvalue weighted by atomic mass is 19.2. The Kier molecular flexibility index (Phi) is 21.9. The van der Waals surface area contributed by atoms with Gasteiger partial charge in [0, 0.05) is 135 Å². The fraction of sp³-hybridized carbons (Fsp3) is 0.278. The topological polar surface area (TPSA) is 418 Å². The Labute approximate surface area is 612 Å². The van der Waals surface area contributed by atoms with Crippen molar-refractivity contribution in [2.45, 2.75) is 127 Å². The van der Waals surface area contributed by atoms with Gasteiger partial charge in [0.05, 0.1) is 24.2 Å². The molecule has 36 heteroatoms. The Morgan fingerprint density at radius 3 is 0.759 bits per heavy atom. The van der Waals surface area contributed by atoms with Crippen LogP contribution in [-0.2, 0) is 0 Å². The number of halogens is 8. The summed E-state index contributed by atoms with van der Waals surface area (Å²) < 4.78 is 109. The number of anilines is 16. The van der Waals surface area contributed by atoms with Gasteiger partial charge in [-0.1, -0.05) is 18.2 Å². The van der Waals surface area contributed by atoms with Crippen molar-refractivity contribution in [3.63, 3.8) is 0 Å². The normalized spacial score (nSPS) is 14.8. The summed E-state index contributed by atoms with van der Waals surface area (Å²) in [5.41, 5.74) is 28.7. The molecule has 0 amide bonds. The fourth-order valence-corrected chi connectivity index (χ4v) is 11.6. The Morgan fingerprint density at radius 1 is 0.278 bits per heavy atom. The van der Waals surface area contributed by atoms with Gasteiger partial charge in [0.25, 0.3) is 0 Å². The van der Waals surface area contributed by atoms with Crippen LogP contribution in [0.15, 0.2) is 121 Å². The number of benzene rings is 4. The highest BCUT2D eigenvalue weighted by molar-refractivity contribution is 5.63. The van der Waals surface area contributed by atoms with Gasteiger partial charge in [-0.05, 0) is 115 Å². The van der Waals surface area contributed by atoms with Crippen LogP contribution in [0.3, 0.4) is 0 Å². The number of aromatic amines is 4. The fourth-order valence-electron chi connectivity index (χ4n) is 11.6. The van der Waals surface area contributed by atoms with Crippen LogP contribution in [0.25, 0.3) is 0 Å². The summed E-state index contributed by atoms with van der Waals surface area (Å²) >= 11 is 0. The first kappa shape index (κ1) is 73.4. The average molecular weight is 1490 g/mol. The van der Waals surface area contributed by atoms with E-state index in [1.807, 2.05) is 24.3 Å². The largest absolute Gasteiger partial charge is 0.368 e. The van der Waals surface area contributed by atoms with E-state index in [0.717, 1.165) is 59.2 Å². The molecule has 20 N–H and O–H groups in total. The summed E-state index contributed by atoms with van der Waals surface area (Å²) in [4.78, 5) is 33.1. The van der Waals surface area contributed by atoms with Gasteiger partial charge in [-0.2, -0.15) is 60.3 Å². The van der Waals surface area contributed by atoms with Crippen molar-refractivity contribution >= 4 is 93.6 Å². The van der Waals surface area contributed by atoms with Gasteiger partial charge in [-0.15, -0.1) is 0 Å². The summed E-state index contributed by atoms with van der Waals surface area (Å²) in [5.74, 6) is 3.76. The number of hydrogen-bond acceptors (Lipinski definition) is 24. The van der Waals surface area contributed by atoms with E-state index in [4.69, 9.17) is 22.9 Å². The van der Waals surface area contributed by atoms with Crippen molar-refractivity contribution in [3.8, 4) is 0 Å². The molecule has 4 fully saturated rings. The predicted molar refractivity (Wildman–Crippen MR) is 395 cm³/mol. The minimum absolute atomic E-state index is 0.0485. The second kappa shape index (κ2) is 32.2. The Balaban J connectivity index is 0.000000127. The molecule has 28 nitrogen and oxygen atoms in total. The van der Waals surface area contributed by atoms with Crippen LogP contribution in [0, 0.1) is 46.5 Å². The minimum Gasteiger partial charge on any atom is -0.368 e. The van der Waals surface area contributed by atoms with Crippen molar-refractivity contribution < 1.29 is 35.1 Å². The zero-order valence-electron chi connectivity index (χ0n) is 58.5. The van der Waals surface area contributed by atoms with Crippen molar-refractivity contribution in [1.82, 2.24) is 80.7 Å². The lowest BCUT2D eigenvalue weighted by Gasteiger charge is -2.16. The zero-order valence-corrected chi connectivity index (χ0v) is 58.5. The van der Waals surface area contributed by atoms with E-state index in [9.17, 15) is 35.1 Å². The molecule has 4 saturated carbocycles. The number of nitrogens with zero attached hydrogens (tertiary/aromatic N) is 12. The Bertz CT molecular complexity index is 4760. The van der Waals surface area contributed by atoms with Gasteiger partial charge in [-0.25, -0.2) is 35.1 Å². The molecule has 4 aliphatic rings. The van der Waals surface area contributed by atoms with Crippen molar-refractivity contribution in [2.75, 3.05) is 65.5 Å². The third kappa shape index (κ3) is 19.9. The molecule has 0 saturated heterocycles. The molecule has 8 heterocycles. The van der Waals surface area contributed by atoms with E-state index in [1.54, 1.807) is 52.0 Å². The van der Waals surface area contributed by atoms with E-state index in [2.05, 4.69) is 123 Å². The third-order valence-electron chi connectivity index (χ3n) is 17.6. The van der Waals surface area contributed by atoms with E-state index in [-0.39, 0.29) is 29.4 Å². The predicted octanol–water partition coefficient (Wildman–Crippen LogP) is 15.4. The van der Waals surface area contributed by atoms with Gasteiger partial charge in [0.2, 0.25) is 23.8 Å². The maximum Gasteiger partial charge on any atom is 0.223 e. The molecule has 16 rings (SSSR count). The molecule has 2 unspecified atom stereocenters. The number of nitrogen functional groups attached to an aromatic ring is 4. The molecule has 0 bridgehead atoms. The monoisotopic (exact) mass is 1480 g/mol. The highest BCUT2D eigenvalue weighted by Gasteiger charge is 2.29. The third-order valence-corrected chi connectivity index (χ3v) is 17.6. The van der Waals surface area contributed by atoms with E-state index >= 15 is 0 Å². The van der Waals surface area contributed by atoms with Gasteiger partial charge < -0.3 is 65.5 Å². The molecule has 108 heavy (non-hydrogen) atoms. The van der Waals surface area contributed by atoms with Gasteiger partial charge in [0.1, 0.15) is 93.1 Å². The first-order valence-corrected chi connectivity index (χ1v) is 34.6. The summed E-state index contributed by atoms with van der Waals surface area (Å²) in [5, 5.41) is 53.4. The summed E-state index contributed by atoms with van der Waals surface area (Å²) in [7, 11) is 0. The van der Waals surface area contributed by atoms with Crippen LogP contribution in [0.2, 0.25) is 0 Å². The number of nitrogens with two attached hydrogens (primary N) is 4. The van der Waals surface area contributed by atoms with Crippen molar-refractivity contribution in [1.29, 1.82) is 0 Å². The number of nitrogens with one attached hydrogen (secondary N) is 12. The Hall–Kier alpha value is -12.9. The van der Waals surface area contributed by atoms with Gasteiger partial charge in [-0.3, -0.25) is 20.4 Å². The molecule has 4 atom stereocenters. The van der Waals surface area contributed by atoms with Crippen molar-refractivity contribution in [2.24, 2.45) is 0 Å². The lowest BCUT2D eigenvalue weighted by atomic mass is 10.1. The molecule has 0 aliphatic heterocycles. The maximum atomic E-state index is 14.0. The maximum absolute atomic E-state index is 14.0. The summed E-state index contributed by atoms with van der Waals surface area (Å²) in [6.07, 6.45) is 9.39. The smallest absolute Gasteiger partial charge is 0.223 e. The average Bonchev–Trinajstić information content (AvgIpc) is 1.39. The number of aromatic nitrogens is 16. The van der Waals surface area contributed by atoms with E-state index in [1.165, 1.54) is 87.8 Å². The van der Waals surface area contributed by atoms with Gasteiger partial charge >= 0.3 is 0 Å². The molecule has 0 radical (unpaired) electrons. The molecular formula is C72H76F8N28. The van der Waals surface area contributed by atoms with Gasteiger partial charge in [0.15, 0.2) is 23.3 Å². The molecule has 4 aromatic carbocycles. The lowest BCUT2D eigenvalue weighted by molar-refractivity contribution is 0.565. The lowest BCUT2D eigenvalue weighted by Crippen LogP contribution is -2.12. The summed E-state index contributed by atoms with van der Waals surface area (Å²) in [6, 6.07) is 26.2. The number of H-pyrrole nitrogens is 4. The van der Waals surface area contributed by atoms with Crippen LogP contribution in [0.4, 0.5) is 129 Å². The van der Waals surface area contributed by atoms with E-state index in [0.29, 0.717) is 110 Å². The number of hydrogen-bond donors (Lipinski definition) is 16. The SMILES string of the molecule is CC(Nc1cc(Nc2cc(C3CC3)[nH]n2)nc(N)n1)c1cc(F)ccc1F.CC(Nc1cc(Nc2cc(C3CC3)[nH]n2)nc(N)n1)c1ccc(F)cc1F.C[C@@H](Nc1cc(Nc2cc(C3CC3)[nH]n2)nc(N)n1)c1ccc(F)cc1F.C[C@H](Nc1cc(Nc2cc(C3CC3)[nH]n2)nc(N)n1)c1ccc(F)cc1F. The minimum atomic E-state index is -0.625. The second-order valence-electron chi connectivity index (χ2n) is 26.5. The van der Waals surface area contributed by atoms with Crippen molar-refractivity contribution in [3.05, 3.63) is 213 Å². The van der Waals surface area contributed by atoms with Crippen LogP contribution < -0.4 is 65.5 Å². The summed E-state index contributed by atoms with van der Waals surface area (Å²) in [6.45, 7) is 6.95.